The van der Waals surface area contributed by atoms with Gasteiger partial charge in [0.05, 0.1) is 0 Å². The van der Waals surface area contributed by atoms with Gasteiger partial charge >= 0.3 is 0 Å². The molecule has 0 saturated heterocycles. The minimum Gasteiger partial charge on any atom is -0.293 e. The Morgan fingerprint density at radius 3 is 1.68 bits per heavy atom. The minimum atomic E-state index is -2.43. The largest absolute Gasteiger partial charge is 0.293 e. The van der Waals surface area contributed by atoms with Gasteiger partial charge in [-0.05, 0) is 66.2 Å². The first-order chi connectivity index (χ1) is 10.0. The molecule has 0 bridgehead atoms. The fraction of sp³-hybridized carbons (Fsp3) is 0.632. The lowest BCUT2D eigenvalue weighted by Crippen LogP contribution is -2.35. The second-order valence-electron chi connectivity index (χ2n) is 6.96. The van der Waals surface area contributed by atoms with E-state index < -0.39 is 10.4 Å². The molecular formula is C19H34FNS. The highest BCUT2D eigenvalue weighted by atomic mass is 32.3. The van der Waals surface area contributed by atoms with Gasteiger partial charge in [-0.15, -0.1) is 0 Å². The number of hydrogen-bond donors (Lipinski definition) is 0. The molecule has 1 nitrogen and oxygen atoms in total. The van der Waals surface area contributed by atoms with Gasteiger partial charge in [-0.3, -0.25) is 4.99 Å². The molecule has 128 valence electrons. The van der Waals surface area contributed by atoms with Gasteiger partial charge < -0.3 is 0 Å². The van der Waals surface area contributed by atoms with Crippen LogP contribution in [0.25, 0.3) is 0 Å². The van der Waals surface area contributed by atoms with Crippen molar-refractivity contribution in [1.82, 2.24) is 0 Å². The topological polar surface area (TPSA) is 12.4 Å². The highest BCUT2D eigenvalue weighted by molar-refractivity contribution is 8.31. The molecule has 1 aromatic rings. The summed E-state index contributed by atoms with van der Waals surface area (Å²) in [5.41, 5.74) is 1.03. The highest BCUT2D eigenvalue weighted by Crippen LogP contribution is 2.73. The van der Waals surface area contributed by atoms with Crippen LogP contribution in [0.1, 0.15) is 67.9 Å². The number of halogens is 1. The lowest BCUT2D eigenvalue weighted by molar-refractivity contribution is 0.640. The second kappa shape index (κ2) is 8.14. The van der Waals surface area contributed by atoms with Gasteiger partial charge in [0, 0.05) is 27.1 Å². The van der Waals surface area contributed by atoms with E-state index in [0.29, 0.717) is 0 Å². The summed E-state index contributed by atoms with van der Waals surface area (Å²) < 4.78 is 15.2. The Morgan fingerprint density at radius 2 is 1.36 bits per heavy atom. The van der Waals surface area contributed by atoms with Crippen molar-refractivity contribution < 1.29 is 3.89 Å². The van der Waals surface area contributed by atoms with Gasteiger partial charge in [0.15, 0.2) is 0 Å². The van der Waals surface area contributed by atoms with Crippen molar-refractivity contribution >= 4 is 16.6 Å². The molecule has 0 aromatic heterocycles. The molecule has 22 heavy (non-hydrogen) atoms. The molecular weight excluding hydrogens is 293 g/mol. The summed E-state index contributed by atoms with van der Waals surface area (Å²) in [5.74, 6) is 0. The van der Waals surface area contributed by atoms with Crippen LogP contribution in [0.3, 0.4) is 0 Å². The molecule has 0 saturated carbocycles. The third kappa shape index (κ3) is 4.58. The van der Waals surface area contributed by atoms with E-state index in [2.05, 4.69) is 4.99 Å². The maximum Gasteiger partial charge on any atom is 0.0361 e. The lowest BCUT2D eigenvalue weighted by atomic mass is 10.2. The van der Waals surface area contributed by atoms with Gasteiger partial charge in [0.2, 0.25) is 0 Å². The molecule has 0 unspecified atom stereocenters. The Hall–Kier alpha value is -0.830. The van der Waals surface area contributed by atoms with E-state index in [-0.39, 0.29) is 9.49 Å². The van der Waals surface area contributed by atoms with Gasteiger partial charge in [-0.1, -0.05) is 36.4 Å². The van der Waals surface area contributed by atoms with E-state index in [4.69, 9.17) is 0 Å². The predicted octanol–water partition coefficient (Wildman–Crippen LogP) is 6.80. The Balaban J connectivity index is 0.00000211. The number of aliphatic imine (C=N–C) groups is 1. The van der Waals surface area contributed by atoms with Crippen LogP contribution in [-0.2, 0) is 0 Å². The predicted molar refractivity (Wildman–Crippen MR) is 102 cm³/mol. The molecule has 0 aliphatic heterocycles. The van der Waals surface area contributed by atoms with E-state index in [9.17, 15) is 0 Å². The summed E-state index contributed by atoms with van der Waals surface area (Å²) in [7, 11) is -2.43. The summed E-state index contributed by atoms with van der Waals surface area (Å²) in [4.78, 5) is 5.04. The molecule has 0 radical (unpaired) electrons. The Kier molecular flexibility index (Phi) is 7.84. The molecule has 3 heteroatoms. The van der Waals surface area contributed by atoms with Crippen molar-refractivity contribution in [3.8, 4) is 0 Å². The first-order valence-electron chi connectivity index (χ1n) is 8.16. The SMILES string of the molecule is CC.CCN=Cc1ccc(S(F)(C(C)(C)C)C(C)(C)C)cc1. The van der Waals surface area contributed by atoms with Crippen LogP contribution in [0, 0.1) is 0 Å². The molecule has 0 amide bonds. The summed E-state index contributed by atoms with van der Waals surface area (Å²) in [6.07, 6.45) is 1.84. The quantitative estimate of drug-likeness (QED) is 0.541. The van der Waals surface area contributed by atoms with Crippen LogP contribution in [0.5, 0.6) is 0 Å². The smallest absolute Gasteiger partial charge is 0.0361 e. The van der Waals surface area contributed by atoms with Crippen LogP contribution in [0.2, 0.25) is 0 Å². The van der Waals surface area contributed by atoms with Gasteiger partial charge in [-0.2, -0.15) is 3.89 Å². The maximum absolute atomic E-state index is 16.0. The third-order valence-electron chi connectivity index (χ3n) is 3.32. The lowest BCUT2D eigenvalue weighted by Gasteiger charge is -2.52. The average molecular weight is 328 g/mol. The zero-order valence-corrected chi connectivity index (χ0v) is 16.6. The minimum absolute atomic E-state index is 0.385. The third-order valence-corrected chi connectivity index (χ3v) is 7.61. The second-order valence-corrected chi connectivity index (χ2v) is 11.0. The molecule has 0 spiro atoms. The maximum atomic E-state index is 16.0. The van der Waals surface area contributed by atoms with Crippen LogP contribution in [0.15, 0.2) is 34.2 Å². The van der Waals surface area contributed by atoms with Crippen molar-refractivity contribution in [3.63, 3.8) is 0 Å². The molecule has 0 aliphatic carbocycles. The molecule has 0 atom stereocenters. The monoisotopic (exact) mass is 327 g/mol. The standard InChI is InChI=1S/C17H28FNS.C2H6/c1-8-19-13-14-9-11-15(12-10-14)20(18,16(2,3)4)17(5,6)7;1-2/h9-13H,8H2,1-7H3;1-2H3. The number of benzene rings is 1. The summed E-state index contributed by atoms with van der Waals surface area (Å²) >= 11 is 0. The molecule has 0 N–H and O–H groups in total. The zero-order valence-electron chi connectivity index (χ0n) is 15.8. The first kappa shape index (κ1) is 21.2. The van der Waals surface area contributed by atoms with E-state index in [1.165, 1.54) is 0 Å². The normalized spacial score (nSPS) is 13.7. The van der Waals surface area contributed by atoms with E-state index >= 15 is 3.89 Å². The van der Waals surface area contributed by atoms with E-state index in [1.54, 1.807) is 0 Å². The number of nitrogens with zero attached hydrogens (tertiary/aromatic N) is 1. The Labute approximate surface area is 139 Å². The summed E-state index contributed by atoms with van der Waals surface area (Å²) in [6.45, 7) is 18.8. The molecule has 0 aliphatic rings. The Bertz CT molecular complexity index is 450. The van der Waals surface area contributed by atoms with Crippen LogP contribution < -0.4 is 0 Å². The fourth-order valence-corrected chi connectivity index (χ4v) is 6.33. The van der Waals surface area contributed by atoms with Crippen LogP contribution in [-0.4, -0.2) is 22.3 Å². The first-order valence-corrected chi connectivity index (χ1v) is 9.69. The fourth-order valence-electron chi connectivity index (χ4n) is 2.56. The molecule has 0 fully saturated rings. The van der Waals surface area contributed by atoms with Crippen molar-refractivity contribution in [2.45, 2.75) is 76.7 Å². The van der Waals surface area contributed by atoms with Crippen molar-refractivity contribution in [1.29, 1.82) is 0 Å². The molecule has 1 rings (SSSR count). The summed E-state index contributed by atoms with van der Waals surface area (Å²) in [6, 6.07) is 7.80. The number of hydrogen-bond acceptors (Lipinski definition) is 1. The van der Waals surface area contributed by atoms with Crippen LogP contribution in [0.4, 0.5) is 3.89 Å². The average Bonchev–Trinajstić information content (AvgIpc) is 2.44. The number of rotatable bonds is 3. The van der Waals surface area contributed by atoms with Crippen molar-refractivity contribution in [2.75, 3.05) is 6.54 Å². The Morgan fingerprint density at radius 1 is 0.955 bits per heavy atom. The van der Waals surface area contributed by atoms with E-state index in [1.807, 2.05) is 92.8 Å². The zero-order chi connectivity index (χ0) is 17.6. The van der Waals surface area contributed by atoms with Crippen molar-refractivity contribution in [2.24, 2.45) is 4.99 Å². The summed E-state index contributed by atoms with van der Waals surface area (Å²) in [5, 5.41) is 0. The van der Waals surface area contributed by atoms with E-state index in [0.717, 1.165) is 17.0 Å². The highest BCUT2D eigenvalue weighted by Gasteiger charge is 2.47. The molecule has 1 aromatic carbocycles. The van der Waals surface area contributed by atoms with Crippen LogP contribution >= 0.6 is 10.4 Å². The van der Waals surface area contributed by atoms with Gasteiger partial charge in [-0.25, -0.2) is 0 Å². The van der Waals surface area contributed by atoms with Gasteiger partial charge in [0.25, 0.3) is 0 Å². The molecule has 0 heterocycles. The van der Waals surface area contributed by atoms with Crippen molar-refractivity contribution in [3.05, 3.63) is 29.8 Å². The van der Waals surface area contributed by atoms with Gasteiger partial charge in [0.1, 0.15) is 0 Å².